The van der Waals surface area contributed by atoms with Crippen LogP contribution in [0.4, 0.5) is 0 Å². The number of pyridine rings is 1. The highest BCUT2D eigenvalue weighted by atomic mass is 16.3. The molecule has 5 heteroatoms. The van der Waals surface area contributed by atoms with Gasteiger partial charge in [-0.2, -0.15) is 0 Å². The third-order valence-corrected chi connectivity index (χ3v) is 4.60. The van der Waals surface area contributed by atoms with E-state index in [9.17, 15) is 9.59 Å². The third-order valence-electron chi connectivity index (χ3n) is 4.60. The summed E-state index contributed by atoms with van der Waals surface area (Å²) in [6.07, 6.45) is 1.54. The summed E-state index contributed by atoms with van der Waals surface area (Å²) in [5.74, 6) is 0.360. The third kappa shape index (κ3) is 2.44. The van der Waals surface area contributed by atoms with Gasteiger partial charge in [0.1, 0.15) is 16.9 Å². The number of fused-ring (bicyclic) bond motifs is 3. The Morgan fingerprint density at radius 1 is 0.815 bits per heavy atom. The zero-order valence-corrected chi connectivity index (χ0v) is 14.4. The number of rotatable bonds is 1. The van der Waals surface area contributed by atoms with Crippen molar-refractivity contribution in [2.75, 3.05) is 0 Å². The highest BCUT2D eigenvalue weighted by Gasteiger charge is 2.12. The first-order valence-corrected chi connectivity index (χ1v) is 8.47. The summed E-state index contributed by atoms with van der Waals surface area (Å²) < 4.78 is 11.6. The maximum absolute atomic E-state index is 12.8. The summed E-state index contributed by atoms with van der Waals surface area (Å²) in [5.41, 5.74) is 2.46. The Morgan fingerprint density at radius 3 is 2.52 bits per heavy atom. The molecule has 0 spiro atoms. The van der Waals surface area contributed by atoms with Crippen LogP contribution in [0.2, 0.25) is 0 Å². The zero-order chi connectivity index (χ0) is 18.5. The smallest absolute Gasteiger partial charge is 0.230 e. The average molecular weight is 355 g/mol. The van der Waals surface area contributed by atoms with Crippen LogP contribution >= 0.6 is 0 Å². The number of benzene rings is 2. The summed E-state index contributed by atoms with van der Waals surface area (Å²) in [6.45, 7) is 1.92. The maximum atomic E-state index is 12.8. The molecular weight excluding hydrogens is 342 g/mol. The summed E-state index contributed by atoms with van der Waals surface area (Å²) in [7, 11) is 0. The monoisotopic (exact) mass is 355 g/mol. The van der Waals surface area contributed by atoms with Gasteiger partial charge in [0.15, 0.2) is 5.43 Å². The predicted molar refractivity (Wildman–Crippen MR) is 104 cm³/mol. The number of para-hydroxylation sites is 1. The predicted octanol–water partition coefficient (Wildman–Crippen LogP) is 4.42. The van der Waals surface area contributed by atoms with E-state index in [2.05, 4.69) is 4.98 Å². The van der Waals surface area contributed by atoms with Crippen LogP contribution in [-0.4, -0.2) is 4.98 Å². The molecule has 3 heterocycles. The zero-order valence-electron chi connectivity index (χ0n) is 14.4. The van der Waals surface area contributed by atoms with Crippen LogP contribution in [0.1, 0.15) is 5.56 Å². The van der Waals surface area contributed by atoms with E-state index in [4.69, 9.17) is 8.83 Å². The number of hydrogen-bond acceptors (Lipinski definition) is 5. The number of aromatic nitrogens is 1. The van der Waals surface area contributed by atoms with Gasteiger partial charge in [-0.25, -0.2) is 4.98 Å². The lowest BCUT2D eigenvalue weighted by molar-refractivity contribution is 0.617. The van der Waals surface area contributed by atoms with E-state index in [-0.39, 0.29) is 16.6 Å². The fourth-order valence-corrected chi connectivity index (χ4v) is 3.24. The van der Waals surface area contributed by atoms with E-state index in [1.54, 1.807) is 48.7 Å². The van der Waals surface area contributed by atoms with E-state index < -0.39 is 0 Å². The van der Waals surface area contributed by atoms with Gasteiger partial charge >= 0.3 is 0 Å². The van der Waals surface area contributed by atoms with Gasteiger partial charge in [0, 0.05) is 17.8 Å². The Morgan fingerprint density at radius 2 is 1.63 bits per heavy atom. The summed E-state index contributed by atoms with van der Waals surface area (Å²) >= 11 is 0. The molecule has 0 fully saturated rings. The molecule has 5 aromatic rings. The van der Waals surface area contributed by atoms with Gasteiger partial charge in [0.2, 0.25) is 11.1 Å². The normalized spacial score (nSPS) is 11.4. The molecule has 5 nitrogen and oxygen atoms in total. The fraction of sp³-hybridized carbons (Fsp3) is 0.0455. The lowest BCUT2D eigenvalue weighted by atomic mass is 10.1. The highest BCUT2D eigenvalue weighted by molar-refractivity contribution is 5.90. The SMILES string of the molecule is Cc1ccc2oc(-c3cnc4oc5ccccc5c(=O)c4c3)cc(=O)c2c1. The molecule has 0 radical (unpaired) electrons. The van der Waals surface area contributed by atoms with Crippen LogP contribution in [0.15, 0.2) is 79.2 Å². The molecule has 130 valence electrons. The Hall–Kier alpha value is -3.73. The lowest BCUT2D eigenvalue weighted by Crippen LogP contribution is -2.04. The number of nitrogens with zero attached hydrogens (tertiary/aromatic N) is 1. The first-order valence-electron chi connectivity index (χ1n) is 8.47. The summed E-state index contributed by atoms with van der Waals surface area (Å²) in [5, 5.41) is 1.36. The molecule has 0 saturated heterocycles. The molecule has 3 aromatic heterocycles. The molecule has 0 N–H and O–H groups in total. The first kappa shape index (κ1) is 15.5. The standard InChI is InChI=1S/C22H13NO4/c1-12-6-7-19-15(8-12)17(24)10-20(26-19)13-9-16-21(25)14-4-2-3-5-18(14)27-22(16)23-11-13/h2-11H,1H3. The Balaban J connectivity index is 1.78. The highest BCUT2D eigenvalue weighted by Crippen LogP contribution is 2.25. The number of aryl methyl sites for hydroxylation is 1. The van der Waals surface area contributed by atoms with Crippen molar-refractivity contribution in [2.45, 2.75) is 6.92 Å². The molecule has 27 heavy (non-hydrogen) atoms. The Kier molecular flexibility index (Phi) is 3.24. The van der Waals surface area contributed by atoms with Crippen molar-refractivity contribution in [2.24, 2.45) is 0 Å². The second kappa shape index (κ2) is 5.64. The van der Waals surface area contributed by atoms with Gasteiger partial charge in [-0.3, -0.25) is 9.59 Å². The molecule has 0 aliphatic heterocycles. The minimum Gasteiger partial charge on any atom is -0.456 e. The van der Waals surface area contributed by atoms with E-state index in [1.165, 1.54) is 6.07 Å². The van der Waals surface area contributed by atoms with Crippen LogP contribution in [0, 0.1) is 6.92 Å². The quantitative estimate of drug-likeness (QED) is 0.416. The molecule has 0 aliphatic rings. The summed E-state index contributed by atoms with van der Waals surface area (Å²) in [6, 6.07) is 15.6. The van der Waals surface area contributed by atoms with Crippen LogP contribution in [0.5, 0.6) is 0 Å². The molecule has 5 rings (SSSR count). The van der Waals surface area contributed by atoms with Crippen molar-refractivity contribution in [3.63, 3.8) is 0 Å². The maximum Gasteiger partial charge on any atom is 0.230 e. The molecule has 0 aliphatic carbocycles. The Bertz CT molecular complexity index is 1480. The largest absolute Gasteiger partial charge is 0.456 e. The Labute approximate surface area is 152 Å². The molecule has 0 saturated carbocycles. The topological polar surface area (TPSA) is 73.3 Å². The molecule has 2 aromatic carbocycles. The van der Waals surface area contributed by atoms with Crippen molar-refractivity contribution in [3.8, 4) is 11.3 Å². The van der Waals surface area contributed by atoms with Crippen molar-refractivity contribution in [1.82, 2.24) is 4.98 Å². The molecule has 0 atom stereocenters. The average Bonchev–Trinajstić information content (AvgIpc) is 2.68. The van der Waals surface area contributed by atoms with Crippen molar-refractivity contribution in [3.05, 3.63) is 86.8 Å². The fourth-order valence-electron chi connectivity index (χ4n) is 3.24. The van der Waals surface area contributed by atoms with Gasteiger partial charge in [-0.05, 0) is 37.3 Å². The van der Waals surface area contributed by atoms with Crippen molar-refractivity contribution >= 4 is 33.0 Å². The van der Waals surface area contributed by atoms with Crippen LogP contribution < -0.4 is 10.9 Å². The van der Waals surface area contributed by atoms with Crippen LogP contribution in [0.25, 0.3) is 44.4 Å². The summed E-state index contributed by atoms with van der Waals surface area (Å²) in [4.78, 5) is 29.5. The van der Waals surface area contributed by atoms with Gasteiger partial charge in [0.05, 0.1) is 16.2 Å². The second-order valence-corrected chi connectivity index (χ2v) is 6.48. The van der Waals surface area contributed by atoms with E-state index in [0.717, 1.165) is 5.56 Å². The minimum absolute atomic E-state index is 0.138. The first-order chi connectivity index (χ1) is 13.1. The second-order valence-electron chi connectivity index (χ2n) is 6.48. The molecule has 0 amide bonds. The van der Waals surface area contributed by atoms with Gasteiger partial charge in [-0.15, -0.1) is 0 Å². The minimum atomic E-state index is -0.167. The molecular formula is C22H13NO4. The van der Waals surface area contributed by atoms with Crippen molar-refractivity contribution < 1.29 is 8.83 Å². The lowest BCUT2D eigenvalue weighted by Gasteiger charge is -2.05. The van der Waals surface area contributed by atoms with E-state index >= 15 is 0 Å². The van der Waals surface area contributed by atoms with Gasteiger partial charge in [-0.1, -0.05) is 23.8 Å². The van der Waals surface area contributed by atoms with Crippen LogP contribution in [-0.2, 0) is 0 Å². The van der Waals surface area contributed by atoms with Gasteiger partial charge in [0.25, 0.3) is 0 Å². The number of hydrogen-bond donors (Lipinski definition) is 0. The van der Waals surface area contributed by atoms with E-state index in [1.807, 2.05) is 13.0 Å². The van der Waals surface area contributed by atoms with Crippen LogP contribution in [0.3, 0.4) is 0 Å². The van der Waals surface area contributed by atoms with E-state index in [0.29, 0.717) is 38.6 Å². The van der Waals surface area contributed by atoms with Gasteiger partial charge < -0.3 is 8.83 Å². The van der Waals surface area contributed by atoms with Crippen molar-refractivity contribution in [1.29, 1.82) is 0 Å². The molecule has 0 unspecified atom stereocenters. The molecule has 0 bridgehead atoms.